The minimum absolute atomic E-state index is 0.0411. The summed E-state index contributed by atoms with van der Waals surface area (Å²) in [6.07, 6.45) is 3.67. The number of carbonyl (C=O) groups excluding carboxylic acids is 1. The molecule has 45 heavy (non-hydrogen) atoms. The molecule has 10 nitrogen and oxygen atoms in total. The van der Waals surface area contributed by atoms with Gasteiger partial charge in [0.15, 0.2) is 28.6 Å². The van der Waals surface area contributed by atoms with Gasteiger partial charge in [0.25, 0.3) is 5.91 Å². The van der Waals surface area contributed by atoms with Crippen molar-refractivity contribution in [2.24, 2.45) is 0 Å². The second-order valence-electron chi connectivity index (χ2n) is 11.5. The molecule has 0 fully saturated rings. The number of phenols is 2. The van der Waals surface area contributed by atoms with E-state index in [9.17, 15) is 20.1 Å². The molecule has 4 aliphatic rings. The Morgan fingerprint density at radius 2 is 1.44 bits per heavy atom. The van der Waals surface area contributed by atoms with Crippen LogP contribution in [-0.4, -0.2) is 47.9 Å². The van der Waals surface area contributed by atoms with Crippen LogP contribution in [0.5, 0.6) is 34.5 Å². The Hall–Kier alpha value is -5.09. The lowest BCUT2D eigenvalue weighted by Gasteiger charge is -2.22. The lowest BCUT2D eigenvalue weighted by molar-refractivity contribution is -0.129. The molecule has 0 spiro atoms. The summed E-state index contributed by atoms with van der Waals surface area (Å²) in [6, 6.07) is 21.7. The SMILES string of the molecule is CCCCCN1CC(c2cc3c(cc2O)OCO3)c2ccccc21.O=C1Nc2ccccc2C1(O)c1cc2c(cc1O)OCO2. The van der Waals surface area contributed by atoms with E-state index in [0.717, 1.165) is 24.4 Å². The molecule has 0 aromatic heterocycles. The smallest absolute Gasteiger partial charge is 0.266 e. The summed E-state index contributed by atoms with van der Waals surface area (Å²) in [5, 5.41) is 34.2. The number of hydrogen-bond donors (Lipinski definition) is 4. The molecule has 0 saturated carbocycles. The average molecular weight is 611 g/mol. The van der Waals surface area contributed by atoms with Crippen molar-refractivity contribution < 1.29 is 39.1 Å². The van der Waals surface area contributed by atoms with Gasteiger partial charge in [0.1, 0.15) is 11.5 Å². The molecule has 1 amide bonds. The number of aromatic hydroxyl groups is 2. The van der Waals surface area contributed by atoms with Crippen molar-refractivity contribution in [2.45, 2.75) is 37.7 Å². The number of carbonyl (C=O) groups is 1. The van der Waals surface area contributed by atoms with Crippen LogP contribution in [0.3, 0.4) is 0 Å². The molecule has 2 unspecified atom stereocenters. The van der Waals surface area contributed by atoms with Crippen LogP contribution in [0.15, 0.2) is 72.8 Å². The van der Waals surface area contributed by atoms with Gasteiger partial charge in [0.05, 0.1) is 0 Å². The van der Waals surface area contributed by atoms with E-state index in [0.29, 0.717) is 28.5 Å². The zero-order valence-corrected chi connectivity index (χ0v) is 24.8. The van der Waals surface area contributed by atoms with Crippen LogP contribution >= 0.6 is 0 Å². The molecule has 8 rings (SSSR count). The molecule has 0 saturated heterocycles. The number of aliphatic hydroxyl groups is 1. The maximum Gasteiger partial charge on any atom is 0.266 e. The summed E-state index contributed by atoms with van der Waals surface area (Å²) in [4.78, 5) is 14.7. The predicted octanol–water partition coefficient (Wildman–Crippen LogP) is 5.57. The second-order valence-corrected chi connectivity index (χ2v) is 11.5. The highest BCUT2D eigenvalue weighted by Crippen LogP contribution is 2.49. The summed E-state index contributed by atoms with van der Waals surface area (Å²) in [5.41, 5.74) is 2.51. The zero-order valence-electron chi connectivity index (χ0n) is 24.8. The maximum atomic E-state index is 12.3. The standard InChI is InChI=1S/C20H23NO3.C15H11NO5/c1-2-3-6-9-21-12-16(14-7-4-5-8-17(14)21)15-10-19-20(11-18(15)22)24-13-23-19;17-11-6-13-12(20-7-21-13)5-9(11)15(19)8-3-1-2-4-10(8)16-14(15)18/h4-5,7-8,10-11,16,22H,2-3,6,9,12-13H2,1H3;1-6,17,19H,7H2,(H,16,18). The number of nitrogens with one attached hydrogen (secondary N) is 1. The molecule has 4 N–H and O–H groups in total. The molecular weight excluding hydrogens is 576 g/mol. The highest BCUT2D eigenvalue weighted by atomic mass is 16.7. The number of ether oxygens (including phenoxy) is 4. The third-order valence-electron chi connectivity index (χ3n) is 8.76. The van der Waals surface area contributed by atoms with E-state index in [1.807, 2.05) is 6.07 Å². The van der Waals surface area contributed by atoms with Crippen LogP contribution in [-0.2, 0) is 10.4 Å². The number of anilines is 2. The molecule has 4 heterocycles. The van der Waals surface area contributed by atoms with Gasteiger partial charge in [-0.1, -0.05) is 56.2 Å². The third kappa shape index (κ3) is 4.91. The van der Waals surface area contributed by atoms with Crippen LogP contribution in [0.2, 0.25) is 0 Å². The summed E-state index contributed by atoms with van der Waals surface area (Å²) in [7, 11) is 0. The van der Waals surface area contributed by atoms with Gasteiger partial charge < -0.3 is 44.5 Å². The van der Waals surface area contributed by atoms with E-state index in [2.05, 4.69) is 41.4 Å². The Morgan fingerprint density at radius 3 is 2.20 bits per heavy atom. The highest BCUT2D eigenvalue weighted by molar-refractivity contribution is 6.07. The fourth-order valence-corrected chi connectivity index (χ4v) is 6.47. The van der Waals surface area contributed by atoms with Gasteiger partial charge in [-0.25, -0.2) is 0 Å². The lowest BCUT2D eigenvalue weighted by Crippen LogP contribution is -2.35. The van der Waals surface area contributed by atoms with E-state index in [1.165, 1.54) is 42.6 Å². The number of unbranched alkanes of at least 4 members (excludes halogenated alkanes) is 2. The molecule has 0 radical (unpaired) electrons. The number of nitrogens with zero attached hydrogens (tertiary/aromatic N) is 1. The van der Waals surface area contributed by atoms with Gasteiger partial charge in [-0.15, -0.1) is 0 Å². The minimum atomic E-state index is -1.96. The summed E-state index contributed by atoms with van der Waals surface area (Å²) in [5.74, 6) is 1.73. The van der Waals surface area contributed by atoms with Crippen molar-refractivity contribution in [1.82, 2.24) is 0 Å². The number of hydrogen-bond acceptors (Lipinski definition) is 9. The van der Waals surface area contributed by atoms with Crippen LogP contribution in [0.4, 0.5) is 11.4 Å². The first-order valence-corrected chi connectivity index (χ1v) is 15.1. The van der Waals surface area contributed by atoms with E-state index >= 15 is 0 Å². The monoisotopic (exact) mass is 610 g/mol. The first-order chi connectivity index (χ1) is 21.9. The second kappa shape index (κ2) is 11.4. The number of benzene rings is 4. The summed E-state index contributed by atoms with van der Waals surface area (Å²) < 4.78 is 21.3. The predicted molar refractivity (Wildman–Crippen MR) is 167 cm³/mol. The van der Waals surface area contributed by atoms with Crippen LogP contribution in [0.25, 0.3) is 0 Å². The third-order valence-corrected chi connectivity index (χ3v) is 8.76. The molecule has 0 aliphatic carbocycles. The van der Waals surface area contributed by atoms with Gasteiger partial charge in [0, 0.05) is 59.2 Å². The summed E-state index contributed by atoms with van der Waals surface area (Å²) >= 11 is 0. The van der Waals surface area contributed by atoms with Crippen molar-refractivity contribution in [2.75, 3.05) is 36.9 Å². The molecule has 4 aromatic rings. The van der Waals surface area contributed by atoms with E-state index < -0.39 is 11.5 Å². The average Bonchev–Trinajstić information content (AvgIpc) is 3.83. The van der Waals surface area contributed by atoms with E-state index in [-0.39, 0.29) is 36.6 Å². The topological polar surface area (TPSA) is 130 Å². The number of para-hydroxylation sites is 2. The molecule has 2 atom stereocenters. The van der Waals surface area contributed by atoms with Gasteiger partial charge in [-0.2, -0.15) is 0 Å². The zero-order chi connectivity index (χ0) is 31.1. The van der Waals surface area contributed by atoms with E-state index in [4.69, 9.17) is 18.9 Å². The van der Waals surface area contributed by atoms with Gasteiger partial charge in [-0.05, 0) is 36.2 Å². The minimum Gasteiger partial charge on any atom is -0.508 e. The number of rotatable bonds is 6. The van der Waals surface area contributed by atoms with Crippen molar-refractivity contribution in [3.8, 4) is 34.5 Å². The Labute approximate surface area is 260 Å². The lowest BCUT2D eigenvalue weighted by atomic mass is 9.86. The number of phenolic OH excluding ortho intramolecular Hbond substituents is 2. The number of amides is 1. The fourth-order valence-electron chi connectivity index (χ4n) is 6.47. The Bertz CT molecular complexity index is 1780. The molecular formula is C35H34N2O8. The first kappa shape index (κ1) is 28.7. The number of fused-ring (bicyclic) bond motifs is 4. The fraction of sp³-hybridized carbons (Fsp3) is 0.286. The molecule has 4 aromatic carbocycles. The largest absolute Gasteiger partial charge is 0.508 e. The van der Waals surface area contributed by atoms with Crippen molar-refractivity contribution in [3.63, 3.8) is 0 Å². The molecule has 232 valence electrons. The van der Waals surface area contributed by atoms with Crippen LogP contribution < -0.4 is 29.2 Å². The van der Waals surface area contributed by atoms with Gasteiger partial charge >= 0.3 is 0 Å². The van der Waals surface area contributed by atoms with Crippen molar-refractivity contribution >= 4 is 17.3 Å². The normalized spacial score (nSPS) is 19.9. The Morgan fingerprint density at radius 1 is 0.800 bits per heavy atom. The van der Waals surface area contributed by atoms with Crippen LogP contribution in [0, 0.1) is 0 Å². The van der Waals surface area contributed by atoms with Gasteiger partial charge in [-0.3, -0.25) is 4.79 Å². The first-order valence-electron chi connectivity index (χ1n) is 15.1. The Kier molecular flexibility index (Phi) is 7.29. The van der Waals surface area contributed by atoms with Crippen molar-refractivity contribution in [1.29, 1.82) is 0 Å². The van der Waals surface area contributed by atoms with Crippen LogP contribution in [0.1, 0.15) is 54.4 Å². The molecule has 4 aliphatic heterocycles. The van der Waals surface area contributed by atoms with Crippen molar-refractivity contribution in [3.05, 3.63) is 95.1 Å². The quantitative estimate of drug-likeness (QED) is 0.207. The Balaban J connectivity index is 0.000000146. The maximum absolute atomic E-state index is 12.3. The summed E-state index contributed by atoms with van der Waals surface area (Å²) in [6.45, 7) is 4.45. The highest BCUT2D eigenvalue weighted by Gasteiger charge is 2.49. The van der Waals surface area contributed by atoms with Gasteiger partial charge in [0.2, 0.25) is 13.6 Å². The molecule has 0 bridgehead atoms. The molecule has 10 heteroatoms. The van der Waals surface area contributed by atoms with E-state index in [1.54, 1.807) is 30.3 Å².